The maximum absolute atomic E-state index is 5.65. The fourth-order valence-corrected chi connectivity index (χ4v) is 1.12. The third-order valence-corrected chi connectivity index (χ3v) is 2.12. The van der Waals surface area contributed by atoms with Gasteiger partial charge in [-0.25, -0.2) is 5.32 Å². The Kier molecular flexibility index (Phi) is 5.15. The van der Waals surface area contributed by atoms with E-state index in [0.29, 0.717) is 5.75 Å². The highest BCUT2D eigenvalue weighted by Crippen LogP contribution is 2.20. The molecule has 0 aliphatic carbocycles. The molecule has 0 saturated carbocycles. The van der Waals surface area contributed by atoms with Crippen LogP contribution < -0.4 is 10.1 Å². The Morgan fingerprint density at radius 2 is 2.19 bits per heavy atom. The van der Waals surface area contributed by atoms with Gasteiger partial charge in [0.05, 0.1) is 19.6 Å². The number of ether oxygens (including phenoxy) is 1. The van der Waals surface area contributed by atoms with Crippen LogP contribution in [0.4, 0.5) is 5.69 Å². The molecule has 1 rings (SSSR count). The first kappa shape index (κ1) is 12.9. The molecule has 0 atom stereocenters. The minimum Gasteiger partial charge on any atom is -0.444 e. The predicted octanol–water partition coefficient (Wildman–Crippen LogP) is 3.05. The predicted molar refractivity (Wildman–Crippen MR) is 68.7 cm³/mol. The molecule has 0 aromatic heterocycles. The second-order valence-electron chi connectivity index (χ2n) is 3.28. The summed E-state index contributed by atoms with van der Waals surface area (Å²) in [5.74, 6) is 0.624. The van der Waals surface area contributed by atoms with Crippen LogP contribution in [0.25, 0.3) is 0 Å². The topological polar surface area (TPSA) is 24.3 Å². The summed E-state index contributed by atoms with van der Waals surface area (Å²) >= 11 is 11.0. The zero-order chi connectivity index (χ0) is 12.0. The zero-order valence-corrected chi connectivity index (χ0v) is 10.6. The van der Waals surface area contributed by atoms with Crippen molar-refractivity contribution in [3.05, 3.63) is 35.0 Å². The molecule has 1 N–H and O–H groups in total. The molecule has 5 heteroatoms. The highest BCUT2D eigenvalue weighted by atomic mass is 35.5. The normalized spacial score (nSPS) is 10.9. The smallest absolute Gasteiger partial charge is 0.236 e. The van der Waals surface area contributed by atoms with Crippen LogP contribution in [0, 0.1) is 0 Å². The Morgan fingerprint density at radius 3 is 2.81 bits per heavy atom. The van der Waals surface area contributed by atoms with Gasteiger partial charge in [-0.3, -0.25) is 4.58 Å². The van der Waals surface area contributed by atoms with Gasteiger partial charge in [0.2, 0.25) is 11.6 Å². The third kappa shape index (κ3) is 4.55. The summed E-state index contributed by atoms with van der Waals surface area (Å²) in [6, 6.07) is 7.40. The van der Waals surface area contributed by atoms with Gasteiger partial charge in [0.1, 0.15) is 11.4 Å². The van der Waals surface area contributed by atoms with E-state index in [9.17, 15) is 0 Å². The number of halogens is 2. The minimum atomic E-state index is 0.135. The number of nitrogens with zero attached hydrogens (tertiary/aromatic N) is 1. The Balaban J connectivity index is 2.75. The van der Waals surface area contributed by atoms with Crippen molar-refractivity contribution in [1.82, 2.24) is 0 Å². The van der Waals surface area contributed by atoms with E-state index >= 15 is 0 Å². The van der Waals surface area contributed by atoms with Crippen LogP contribution in [0.1, 0.15) is 0 Å². The molecule has 1 aromatic rings. The highest BCUT2D eigenvalue weighted by Gasteiger charge is 2.00. The Morgan fingerprint density at radius 1 is 1.44 bits per heavy atom. The van der Waals surface area contributed by atoms with E-state index in [-0.39, 0.29) is 5.22 Å². The monoisotopic (exact) mass is 259 g/mol. The molecular formula is C11H13Cl2N2O+. The lowest BCUT2D eigenvalue weighted by Gasteiger charge is -2.03. The first-order valence-corrected chi connectivity index (χ1v) is 5.43. The minimum absolute atomic E-state index is 0.135. The van der Waals surface area contributed by atoms with Crippen LogP contribution in [0.3, 0.4) is 0 Å². The Hall–Kier alpha value is -1.19. The molecule has 1 aromatic carbocycles. The van der Waals surface area contributed by atoms with Crippen molar-refractivity contribution >= 4 is 35.2 Å². The second kappa shape index (κ2) is 6.40. The number of hydrogen-bond acceptors (Lipinski definition) is 1. The van der Waals surface area contributed by atoms with Gasteiger partial charge in [-0.15, -0.1) is 0 Å². The standard InChI is InChI=1S/C11H12Cl2N2O/c1-15(2)8-14-9-4-3-5-10(6-9)16-11(13)7-12/h3-8H,1-2H3/p+1. The lowest BCUT2D eigenvalue weighted by atomic mass is 10.3. The van der Waals surface area contributed by atoms with Gasteiger partial charge in [-0.05, 0) is 23.7 Å². The summed E-state index contributed by atoms with van der Waals surface area (Å²) in [6.45, 7) is 0. The van der Waals surface area contributed by atoms with Gasteiger partial charge in [0, 0.05) is 6.07 Å². The Bertz CT molecular complexity index is 412. The van der Waals surface area contributed by atoms with Gasteiger partial charge in [-0.2, -0.15) is 0 Å². The van der Waals surface area contributed by atoms with E-state index in [1.165, 1.54) is 5.54 Å². The van der Waals surface area contributed by atoms with Crippen molar-refractivity contribution in [2.45, 2.75) is 0 Å². The fraction of sp³-hybridized carbons (Fsp3) is 0.182. The highest BCUT2D eigenvalue weighted by molar-refractivity contribution is 6.35. The molecule has 0 unspecified atom stereocenters. The maximum atomic E-state index is 5.65. The quantitative estimate of drug-likeness (QED) is 0.389. The molecule has 0 heterocycles. The lowest BCUT2D eigenvalue weighted by molar-refractivity contribution is -0.459. The zero-order valence-electron chi connectivity index (χ0n) is 9.08. The average Bonchev–Trinajstić information content (AvgIpc) is 2.26. The maximum Gasteiger partial charge on any atom is 0.236 e. The first-order valence-electron chi connectivity index (χ1n) is 4.62. The number of benzene rings is 1. The summed E-state index contributed by atoms with van der Waals surface area (Å²) in [4.78, 5) is 0. The van der Waals surface area contributed by atoms with Crippen LogP contribution >= 0.6 is 23.2 Å². The summed E-state index contributed by atoms with van der Waals surface area (Å²) < 4.78 is 7.14. The number of anilines is 1. The van der Waals surface area contributed by atoms with Crippen molar-refractivity contribution in [3.63, 3.8) is 0 Å². The molecule has 3 nitrogen and oxygen atoms in total. The molecular weight excluding hydrogens is 247 g/mol. The molecule has 0 aliphatic rings. The summed E-state index contributed by atoms with van der Waals surface area (Å²) in [7, 11) is 3.86. The SMILES string of the molecule is C[N+](C)=CNc1cccc(OC(Cl)=CCl)c1. The summed E-state index contributed by atoms with van der Waals surface area (Å²) in [5, 5.41) is 3.24. The molecule has 0 amide bonds. The van der Waals surface area contributed by atoms with Crippen LogP contribution in [-0.2, 0) is 0 Å². The molecule has 0 spiro atoms. The summed E-state index contributed by atoms with van der Waals surface area (Å²) in [6.07, 6.45) is 1.83. The largest absolute Gasteiger partial charge is 0.444 e. The number of hydrogen-bond donors (Lipinski definition) is 1. The lowest BCUT2D eigenvalue weighted by Crippen LogP contribution is -2.07. The fourth-order valence-electron chi connectivity index (χ4n) is 0.988. The van der Waals surface area contributed by atoms with Gasteiger partial charge in [0.25, 0.3) is 0 Å². The van der Waals surface area contributed by atoms with E-state index in [1.54, 1.807) is 6.07 Å². The van der Waals surface area contributed by atoms with Crippen molar-refractivity contribution in [2.75, 3.05) is 19.4 Å². The first-order chi connectivity index (χ1) is 7.61. The van der Waals surface area contributed by atoms with Crippen LogP contribution in [0.5, 0.6) is 5.75 Å². The van der Waals surface area contributed by atoms with E-state index < -0.39 is 0 Å². The molecule has 16 heavy (non-hydrogen) atoms. The Labute approximate surface area is 105 Å². The molecule has 0 aliphatic heterocycles. The van der Waals surface area contributed by atoms with Gasteiger partial charge >= 0.3 is 0 Å². The molecule has 0 saturated heterocycles. The van der Waals surface area contributed by atoms with Crippen LogP contribution in [-0.4, -0.2) is 25.0 Å². The summed E-state index contributed by atoms with van der Waals surface area (Å²) in [5.41, 5.74) is 2.08. The van der Waals surface area contributed by atoms with Gasteiger partial charge in [-0.1, -0.05) is 17.7 Å². The molecule has 0 fully saturated rings. The van der Waals surface area contributed by atoms with E-state index in [0.717, 1.165) is 5.69 Å². The molecule has 0 bridgehead atoms. The van der Waals surface area contributed by atoms with Gasteiger partial charge in [0.15, 0.2) is 0 Å². The number of nitrogens with one attached hydrogen (secondary N) is 1. The van der Waals surface area contributed by atoms with E-state index in [4.69, 9.17) is 27.9 Å². The van der Waals surface area contributed by atoms with Crippen LogP contribution in [0.2, 0.25) is 0 Å². The van der Waals surface area contributed by atoms with Crippen molar-refractivity contribution < 1.29 is 9.31 Å². The molecule has 0 radical (unpaired) electrons. The van der Waals surface area contributed by atoms with Gasteiger partial charge < -0.3 is 4.74 Å². The van der Waals surface area contributed by atoms with Crippen molar-refractivity contribution in [2.24, 2.45) is 0 Å². The van der Waals surface area contributed by atoms with Crippen LogP contribution in [0.15, 0.2) is 35.0 Å². The van der Waals surface area contributed by atoms with E-state index in [1.807, 2.05) is 43.2 Å². The number of rotatable bonds is 4. The third-order valence-electron chi connectivity index (χ3n) is 1.62. The van der Waals surface area contributed by atoms with Crippen molar-refractivity contribution in [1.29, 1.82) is 0 Å². The average molecular weight is 260 g/mol. The van der Waals surface area contributed by atoms with Crippen molar-refractivity contribution in [3.8, 4) is 5.75 Å². The second-order valence-corrected chi connectivity index (χ2v) is 3.87. The molecule has 86 valence electrons. The van der Waals surface area contributed by atoms with E-state index in [2.05, 4.69) is 5.32 Å².